The first-order valence-electron chi connectivity index (χ1n) is 8.32. The van der Waals surface area contributed by atoms with Gasteiger partial charge < -0.3 is 4.74 Å². The quantitative estimate of drug-likeness (QED) is 0.593. The highest BCUT2D eigenvalue weighted by atomic mass is 16.5. The highest BCUT2D eigenvalue weighted by Gasteiger charge is 2.44. The maximum atomic E-state index is 6.26. The van der Waals surface area contributed by atoms with E-state index in [0.717, 1.165) is 12.5 Å². The Morgan fingerprint density at radius 3 is 2.32 bits per heavy atom. The molecule has 1 unspecified atom stereocenters. The van der Waals surface area contributed by atoms with Crippen molar-refractivity contribution in [3.63, 3.8) is 0 Å². The third-order valence-electron chi connectivity index (χ3n) is 5.41. The van der Waals surface area contributed by atoms with E-state index in [1.807, 2.05) is 0 Å². The van der Waals surface area contributed by atoms with Crippen LogP contribution in [0.2, 0.25) is 0 Å². The van der Waals surface area contributed by atoms with E-state index in [4.69, 9.17) is 10.6 Å². The summed E-state index contributed by atoms with van der Waals surface area (Å²) in [6.07, 6.45) is 11.6. The SMILES string of the molecule is CCOC1(C(NN)C2CCC(C)CC2)CCCCC1. The van der Waals surface area contributed by atoms with Crippen molar-refractivity contribution in [3.05, 3.63) is 0 Å². The molecule has 2 fully saturated rings. The van der Waals surface area contributed by atoms with Crippen LogP contribution in [-0.2, 0) is 4.74 Å². The van der Waals surface area contributed by atoms with E-state index in [1.54, 1.807) is 0 Å². The molecule has 2 saturated carbocycles. The fourth-order valence-electron chi connectivity index (χ4n) is 4.32. The topological polar surface area (TPSA) is 47.3 Å². The van der Waals surface area contributed by atoms with E-state index in [0.29, 0.717) is 12.0 Å². The first-order chi connectivity index (χ1) is 9.22. The van der Waals surface area contributed by atoms with Crippen molar-refractivity contribution >= 4 is 0 Å². The van der Waals surface area contributed by atoms with Crippen molar-refractivity contribution in [2.24, 2.45) is 17.7 Å². The summed E-state index contributed by atoms with van der Waals surface area (Å²) >= 11 is 0. The van der Waals surface area contributed by atoms with E-state index in [2.05, 4.69) is 19.3 Å². The van der Waals surface area contributed by atoms with Gasteiger partial charge in [0.25, 0.3) is 0 Å². The lowest BCUT2D eigenvalue weighted by Crippen LogP contribution is -2.59. The number of nitrogens with two attached hydrogens (primary N) is 1. The van der Waals surface area contributed by atoms with E-state index < -0.39 is 0 Å². The molecule has 3 heteroatoms. The van der Waals surface area contributed by atoms with Gasteiger partial charge in [-0.05, 0) is 44.4 Å². The molecule has 0 bridgehead atoms. The van der Waals surface area contributed by atoms with Crippen LogP contribution in [0.1, 0.15) is 71.6 Å². The number of hydrazine groups is 1. The van der Waals surface area contributed by atoms with Crippen molar-refractivity contribution in [2.45, 2.75) is 83.3 Å². The summed E-state index contributed by atoms with van der Waals surface area (Å²) in [6, 6.07) is 0.347. The van der Waals surface area contributed by atoms with Crippen LogP contribution in [0.25, 0.3) is 0 Å². The molecule has 112 valence electrons. The number of rotatable bonds is 5. The third-order valence-corrected chi connectivity index (χ3v) is 5.41. The number of nitrogens with one attached hydrogen (secondary N) is 1. The van der Waals surface area contributed by atoms with E-state index in [1.165, 1.54) is 57.8 Å². The highest BCUT2D eigenvalue weighted by molar-refractivity contribution is 4.99. The number of ether oxygens (including phenoxy) is 1. The predicted octanol–water partition coefficient (Wildman–Crippen LogP) is 3.38. The van der Waals surface area contributed by atoms with E-state index in [-0.39, 0.29) is 5.60 Å². The van der Waals surface area contributed by atoms with Crippen LogP contribution in [0, 0.1) is 11.8 Å². The summed E-state index contributed by atoms with van der Waals surface area (Å²) < 4.78 is 6.26. The molecule has 0 radical (unpaired) electrons. The Morgan fingerprint density at radius 1 is 1.16 bits per heavy atom. The molecule has 0 aromatic heterocycles. The number of hydrogen-bond acceptors (Lipinski definition) is 3. The van der Waals surface area contributed by atoms with E-state index >= 15 is 0 Å². The lowest BCUT2D eigenvalue weighted by molar-refractivity contribution is -0.106. The Labute approximate surface area is 118 Å². The van der Waals surface area contributed by atoms with Crippen molar-refractivity contribution in [1.82, 2.24) is 5.43 Å². The molecule has 19 heavy (non-hydrogen) atoms. The van der Waals surface area contributed by atoms with Gasteiger partial charge in [-0.2, -0.15) is 0 Å². The van der Waals surface area contributed by atoms with Crippen molar-refractivity contribution in [1.29, 1.82) is 0 Å². The Balaban J connectivity index is 2.07. The van der Waals surface area contributed by atoms with Gasteiger partial charge in [0.1, 0.15) is 0 Å². The van der Waals surface area contributed by atoms with Gasteiger partial charge in [0.2, 0.25) is 0 Å². The van der Waals surface area contributed by atoms with Crippen LogP contribution < -0.4 is 11.3 Å². The van der Waals surface area contributed by atoms with Crippen LogP contribution in [-0.4, -0.2) is 18.2 Å². The van der Waals surface area contributed by atoms with Gasteiger partial charge in [-0.25, -0.2) is 0 Å². The van der Waals surface area contributed by atoms with Crippen LogP contribution in [0.5, 0.6) is 0 Å². The maximum Gasteiger partial charge on any atom is 0.0850 e. The summed E-state index contributed by atoms with van der Waals surface area (Å²) in [6.45, 7) is 5.30. The molecule has 0 aromatic rings. The Morgan fingerprint density at radius 2 is 1.79 bits per heavy atom. The minimum Gasteiger partial charge on any atom is -0.374 e. The van der Waals surface area contributed by atoms with Crippen LogP contribution in [0.15, 0.2) is 0 Å². The second-order valence-electron chi connectivity index (χ2n) is 6.72. The minimum atomic E-state index is 0.00694. The molecule has 0 aliphatic heterocycles. The minimum absolute atomic E-state index is 0.00694. The van der Waals surface area contributed by atoms with Gasteiger partial charge in [0, 0.05) is 6.61 Å². The molecule has 0 saturated heterocycles. The standard InChI is InChI=1S/C16H32N2O/c1-3-19-16(11-5-4-6-12-16)15(18-17)14-9-7-13(2)8-10-14/h13-15,18H,3-12,17H2,1-2H3. The van der Waals surface area contributed by atoms with Crippen LogP contribution in [0.4, 0.5) is 0 Å². The first-order valence-corrected chi connectivity index (χ1v) is 8.32. The smallest absolute Gasteiger partial charge is 0.0850 e. The van der Waals surface area contributed by atoms with Gasteiger partial charge in [-0.1, -0.05) is 39.0 Å². The lowest BCUT2D eigenvalue weighted by atomic mass is 9.69. The molecule has 2 aliphatic rings. The zero-order valence-corrected chi connectivity index (χ0v) is 12.8. The summed E-state index contributed by atoms with van der Waals surface area (Å²) in [7, 11) is 0. The molecule has 2 rings (SSSR count). The maximum absolute atomic E-state index is 6.26. The molecule has 0 spiro atoms. The zero-order chi connectivity index (χ0) is 13.7. The molecule has 0 heterocycles. The molecule has 2 aliphatic carbocycles. The summed E-state index contributed by atoms with van der Waals surface area (Å²) in [5, 5.41) is 0. The fraction of sp³-hybridized carbons (Fsp3) is 1.00. The van der Waals surface area contributed by atoms with Crippen molar-refractivity contribution in [3.8, 4) is 0 Å². The molecule has 0 amide bonds. The normalized spacial score (nSPS) is 33.0. The molecule has 1 atom stereocenters. The molecule has 3 N–H and O–H groups in total. The second-order valence-corrected chi connectivity index (χ2v) is 6.72. The van der Waals surface area contributed by atoms with Gasteiger partial charge in [0.15, 0.2) is 0 Å². The average molecular weight is 268 g/mol. The van der Waals surface area contributed by atoms with Gasteiger partial charge in [-0.15, -0.1) is 0 Å². The van der Waals surface area contributed by atoms with Gasteiger partial charge in [-0.3, -0.25) is 11.3 Å². The summed E-state index contributed by atoms with van der Waals surface area (Å²) in [4.78, 5) is 0. The average Bonchev–Trinajstić information content (AvgIpc) is 2.43. The third kappa shape index (κ3) is 3.50. The van der Waals surface area contributed by atoms with Crippen LogP contribution >= 0.6 is 0 Å². The molecular formula is C16H32N2O. The monoisotopic (exact) mass is 268 g/mol. The molecule has 0 aromatic carbocycles. The summed E-state index contributed by atoms with van der Waals surface area (Å²) in [5.41, 5.74) is 3.16. The van der Waals surface area contributed by atoms with Gasteiger partial charge in [0.05, 0.1) is 11.6 Å². The fourth-order valence-corrected chi connectivity index (χ4v) is 4.32. The second kappa shape index (κ2) is 7.05. The summed E-state index contributed by atoms with van der Waals surface area (Å²) in [5.74, 6) is 7.55. The number of hydrogen-bond donors (Lipinski definition) is 2. The molecular weight excluding hydrogens is 236 g/mol. The molecule has 3 nitrogen and oxygen atoms in total. The largest absolute Gasteiger partial charge is 0.374 e. The first kappa shape index (κ1) is 15.3. The lowest BCUT2D eigenvalue weighted by Gasteiger charge is -2.47. The Hall–Kier alpha value is -0.120. The Bertz CT molecular complexity index is 250. The van der Waals surface area contributed by atoms with Crippen LogP contribution in [0.3, 0.4) is 0 Å². The Kier molecular flexibility index (Phi) is 5.67. The van der Waals surface area contributed by atoms with Gasteiger partial charge >= 0.3 is 0 Å². The zero-order valence-electron chi connectivity index (χ0n) is 12.8. The van der Waals surface area contributed by atoms with Crippen molar-refractivity contribution in [2.75, 3.05) is 6.61 Å². The highest BCUT2D eigenvalue weighted by Crippen LogP contribution is 2.41. The van der Waals surface area contributed by atoms with Crippen molar-refractivity contribution < 1.29 is 4.74 Å². The predicted molar refractivity (Wildman–Crippen MR) is 79.7 cm³/mol. The van der Waals surface area contributed by atoms with E-state index in [9.17, 15) is 0 Å².